The molecule has 0 spiro atoms. The number of primary amides is 1. The molecule has 0 aliphatic rings. The summed E-state index contributed by atoms with van der Waals surface area (Å²) in [5.74, 6) is -0.541. The van der Waals surface area contributed by atoms with E-state index in [2.05, 4.69) is 4.98 Å². The summed E-state index contributed by atoms with van der Waals surface area (Å²) in [5.41, 5.74) is 12.7. The van der Waals surface area contributed by atoms with Crippen molar-refractivity contribution in [1.29, 1.82) is 0 Å². The van der Waals surface area contributed by atoms with Gasteiger partial charge in [0, 0.05) is 4.90 Å². The van der Waals surface area contributed by atoms with E-state index < -0.39 is 5.91 Å². The molecule has 0 saturated heterocycles. The Bertz CT molecular complexity index is 581. The van der Waals surface area contributed by atoms with Gasteiger partial charge in [0.15, 0.2) is 0 Å². The summed E-state index contributed by atoms with van der Waals surface area (Å²) in [6.07, 6.45) is 1.45. The predicted octanol–water partition coefficient (Wildman–Crippen LogP) is 2.22. The number of nitrogen functional groups attached to an aromatic ring is 1. The lowest BCUT2D eigenvalue weighted by atomic mass is 10.2. The second kappa shape index (κ2) is 5.10. The predicted molar refractivity (Wildman–Crippen MR) is 72.5 cm³/mol. The average molecular weight is 259 g/mol. The molecular formula is C13H13N3OS. The highest BCUT2D eigenvalue weighted by Gasteiger charge is 2.08. The van der Waals surface area contributed by atoms with Crippen LogP contribution in [-0.2, 0) is 0 Å². The van der Waals surface area contributed by atoms with Gasteiger partial charge in [-0.05, 0) is 25.1 Å². The van der Waals surface area contributed by atoms with Crippen LogP contribution in [0.2, 0.25) is 0 Å². The van der Waals surface area contributed by atoms with E-state index in [9.17, 15) is 4.79 Å². The quantitative estimate of drug-likeness (QED) is 0.885. The van der Waals surface area contributed by atoms with Crippen LogP contribution in [0.5, 0.6) is 0 Å². The van der Waals surface area contributed by atoms with Gasteiger partial charge < -0.3 is 11.5 Å². The number of carbonyl (C=O) groups is 1. The number of benzene rings is 1. The average Bonchev–Trinajstić information content (AvgIpc) is 2.34. The molecule has 4 N–H and O–H groups in total. The van der Waals surface area contributed by atoms with Crippen LogP contribution in [0.4, 0.5) is 5.69 Å². The molecule has 0 fully saturated rings. The zero-order valence-electron chi connectivity index (χ0n) is 9.88. The van der Waals surface area contributed by atoms with Crippen LogP contribution in [0.1, 0.15) is 15.9 Å². The zero-order chi connectivity index (χ0) is 13.1. The molecule has 1 aromatic carbocycles. The monoisotopic (exact) mass is 259 g/mol. The number of anilines is 1. The maximum atomic E-state index is 11.2. The van der Waals surface area contributed by atoms with E-state index in [0.29, 0.717) is 16.3 Å². The van der Waals surface area contributed by atoms with Crippen LogP contribution in [0.15, 0.2) is 46.5 Å². The second-order valence-corrected chi connectivity index (χ2v) is 4.98. The first-order valence-electron chi connectivity index (χ1n) is 5.36. The first-order chi connectivity index (χ1) is 8.56. The van der Waals surface area contributed by atoms with E-state index in [1.165, 1.54) is 23.5 Å². The molecule has 2 aromatic rings. The minimum absolute atomic E-state index is 0.302. The van der Waals surface area contributed by atoms with Crippen molar-refractivity contribution in [3.63, 3.8) is 0 Å². The van der Waals surface area contributed by atoms with Crippen LogP contribution in [0.3, 0.4) is 0 Å². The van der Waals surface area contributed by atoms with Crippen LogP contribution in [0.25, 0.3) is 0 Å². The van der Waals surface area contributed by atoms with Crippen molar-refractivity contribution in [1.82, 2.24) is 4.98 Å². The summed E-state index contributed by atoms with van der Waals surface area (Å²) in [7, 11) is 0. The third kappa shape index (κ3) is 2.81. The van der Waals surface area contributed by atoms with Crippen molar-refractivity contribution in [3.8, 4) is 0 Å². The minimum atomic E-state index is -0.541. The molecule has 0 bridgehead atoms. The number of aromatic nitrogens is 1. The number of hydrogen-bond donors (Lipinski definition) is 2. The Morgan fingerprint density at radius 2 is 1.94 bits per heavy atom. The number of carbonyl (C=O) groups excluding carboxylic acids is 1. The van der Waals surface area contributed by atoms with Gasteiger partial charge in [0.25, 0.3) is 5.91 Å². The topological polar surface area (TPSA) is 82.0 Å². The molecule has 92 valence electrons. The normalized spacial score (nSPS) is 10.3. The van der Waals surface area contributed by atoms with Crippen molar-refractivity contribution in [3.05, 3.63) is 47.7 Å². The Morgan fingerprint density at radius 1 is 1.28 bits per heavy atom. The van der Waals surface area contributed by atoms with E-state index in [-0.39, 0.29) is 0 Å². The van der Waals surface area contributed by atoms with Gasteiger partial charge in [-0.15, -0.1) is 0 Å². The highest BCUT2D eigenvalue weighted by molar-refractivity contribution is 7.99. The third-order valence-electron chi connectivity index (χ3n) is 2.42. The van der Waals surface area contributed by atoms with Crippen LogP contribution in [0, 0.1) is 6.92 Å². The van der Waals surface area contributed by atoms with Gasteiger partial charge in [0.2, 0.25) is 0 Å². The summed E-state index contributed by atoms with van der Waals surface area (Å²) in [6, 6.07) is 9.66. The molecule has 0 aliphatic carbocycles. The van der Waals surface area contributed by atoms with E-state index in [4.69, 9.17) is 11.5 Å². The summed E-state index contributed by atoms with van der Waals surface area (Å²) in [6.45, 7) is 2.03. The Balaban J connectivity index is 2.27. The van der Waals surface area contributed by atoms with Crippen molar-refractivity contribution in [2.45, 2.75) is 16.8 Å². The van der Waals surface area contributed by atoms with Gasteiger partial charge in [0.05, 0.1) is 17.4 Å². The smallest absolute Gasteiger partial charge is 0.250 e. The number of aryl methyl sites for hydroxylation is 1. The highest BCUT2D eigenvalue weighted by atomic mass is 32.2. The SMILES string of the molecule is Cc1ccc(Sc2cc(C(N)=O)c(N)cn2)cc1. The van der Waals surface area contributed by atoms with E-state index >= 15 is 0 Å². The van der Waals surface area contributed by atoms with E-state index in [1.54, 1.807) is 6.07 Å². The number of pyridine rings is 1. The molecule has 0 aliphatic heterocycles. The molecule has 0 radical (unpaired) electrons. The van der Waals surface area contributed by atoms with Crippen LogP contribution >= 0.6 is 11.8 Å². The van der Waals surface area contributed by atoms with Crippen molar-refractivity contribution in [2.75, 3.05) is 5.73 Å². The summed E-state index contributed by atoms with van der Waals surface area (Å²) >= 11 is 1.46. The van der Waals surface area contributed by atoms with E-state index in [1.807, 2.05) is 31.2 Å². The van der Waals surface area contributed by atoms with Gasteiger partial charge in [0.1, 0.15) is 5.03 Å². The van der Waals surface area contributed by atoms with Crippen LogP contribution < -0.4 is 11.5 Å². The minimum Gasteiger partial charge on any atom is -0.397 e. The van der Waals surface area contributed by atoms with Crippen molar-refractivity contribution in [2.24, 2.45) is 5.73 Å². The highest BCUT2D eigenvalue weighted by Crippen LogP contribution is 2.27. The van der Waals surface area contributed by atoms with Crippen molar-refractivity contribution >= 4 is 23.4 Å². The molecular weight excluding hydrogens is 246 g/mol. The Labute approximate surface area is 109 Å². The lowest BCUT2D eigenvalue weighted by Crippen LogP contribution is -2.13. The molecule has 18 heavy (non-hydrogen) atoms. The molecule has 4 nitrogen and oxygen atoms in total. The van der Waals surface area contributed by atoms with Gasteiger partial charge in [-0.2, -0.15) is 0 Å². The first kappa shape index (κ1) is 12.4. The molecule has 5 heteroatoms. The summed E-state index contributed by atoms with van der Waals surface area (Å²) < 4.78 is 0. The molecule has 0 saturated carbocycles. The molecule has 0 atom stereocenters. The molecule has 2 rings (SSSR count). The lowest BCUT2D eigenvalue weighted by molar-refractivity contribution is 0.100. The van der Waals surface area contributed by atoms with Crippen LogP contribution in [-0.4, -0.2) is 10.9 Å². The Kier molecular flexibility index (Phi) is 3.53. The maximum Gasteiger partial charge on any atom is 0.250 e. The van der Waals surface area contributed by atoms with E-state index in [0.717, 1.165) is 4.90 Å². The summed E-state index contributed by atoms with van der Waals surface area (Å²) in [4.78, 5) is 16.4. The molecule has 0 unspecified atom stereocenters. The molecule has 1 heterocycles. The lowest BCUT2D eigenvalue weighted by Gasteiger charge is -2.05. The second-order valence-electron chi connectivity index (χ2n) is 3.89. The number of rotatable bonds is 3. The first-order valence-corrected chi connectivity index (χ1v) is 6.18. The maximum absolute atomic E-state index is 11.2. The summed E-state index contributed by atoms with van der Waals surface area (Å²) in [5, 5.41) is 0.696. The standard InChI is InChI=1S/C13H13N3OS/c1-8-2-4-9(5-3-8)18-12-6-10(13(15)17)11(14)7-16-12/h2-7H,14H2,1H3,(H2,15,17). The van der Waals surface area contributed by atoms with Gasteiger partial charge in [-0.3, -0.25) is 4.79 Å². The Morgan fingerprint density at radius 3 is 2.56 bits per heavy atom. The van der Waals surface area contributed by atoms with Gasteiger partial charge in [-0.25, -0.2) is 4.98 Å². The Hall–Kier alpha value is -2.01. The molecule has 1 amide bonds. The van der Waals surface area contributed by atoms with Gasteiger partial charge >= 0.3 is 0 Å². The van der Waals surface area contributed by atoms with Crippen molar-refractivity contribution < 1.29 is 4.79 Å². The largest absolute Gasteiger partial charge is 0.397 e. The number of amides is 1. The fourth-order valence-corrected chi connectivity index (χ4v) is 2.24. The molecule has 1 aromatic heterocycles. The number of nitrogens with zero attached hydrogens (tertiary/aromatic N) is 1. The van der Waals surface area contributed by atoms with Gasteiger partial charge in [-0.1, -0.05) is 29.5 Å². The number of hydrogen-bond acceptors (Lipinski definition) is 4. The third-order valence-corrected chi connectivity index (χ3v) is 3.36. The fraction of sp³-hybridized carbons (Fsp3) is 0.0769. The zero-order valence-corrected chi connectivity index (χ0v) is 10.7. The fourth-order valence-electron chi connectivity index (χ4n) is 1.44. The number of nitrogens with two attached hydrogens (primary N) is 2.